The molecule has 0 fully saturated rings. The number of fused-ring (bicyclic) bond motifs is 2. The van der Waals surface area contributed by atoms with Crippen LogP contribution in [0, 0.1) is 0 Å². The van der Waals surface area contributed by atoms with Crippen molar-refractivity contribution >= 4 is 34.8 Å². The predicted molar refractivity (Wildman–Crippen MR) is 84.1 cm³/mol. The Morgan fingerprint density at radius 2 is 1.77 bits per heavy atom. The van der Waals surface area contributed by atoms with E-state index in [1.165, 1.54) is 0 Å². The summed E-state index contributed by atoms with van der Waals surface area (Å²) in [7, 11) is 0. The number of anilines is 1. The summed E-state index contributed by atoms with van der Waals surface area (Å²) < 4.78 is 10.8. The van der Waals surface area contributed by atoms with Gasteiger partial charge in [0.1, 0.15) is 0 Å². The molecule has 1 amide bonds. The average Bonchev–Trinajstić information content (AvgIpc) is 2.92. The SMILES string of the molecule is O=C1CC(c2c(Cl)cccc2Cl)c2cc3c(cc2N1)OCO3. The van der Waals surface area contributed by atoms with Gasteiger partial charge >= 0.3 is 0 Å². The maximum Gasteiger partial charge on any atom is 0.231 e. The third-order valence-corrected chi connectivity index (χ3v) is 4.59. The van der Waals surface area contributed by atoms with Gasteiger partial charge in [0.2, 0.25) is 12.7 Å². The molecular formula is C16H11Cl2NO3. The second-order valence-electron chi connectivity index (χ2n) is 5.23. The molecule has 2 aliphatic heterocycles. The van der Waals surface area contributed by atoms with E-state index >= 15 is 0 Å². The molecule has 0 spiro atoms. The van der Waals surface area contributed by atoms with E-state index in [0.717, 1.165) is 11.1 Å². The van der Waals surface area contributed by atoms with Crippen molar-refractivity contribution in [2.45, 2.75) is 12.3 Å². The highest BCUT2D eigenvalue weighted by atomic mass is 35.5. The first-order valence-corrected chi connectivity index (χ1v) is 7.56. The van der Waals surface area contributed by atoms with Crippen molar-refractivity contribution in [1.82, 2.24) is 0 Å². The monoisotopic (exact) mass is 335 g/mol. The zero-order valence-corrected chi connectivity index (χ0v) is 12.9. The van der Waals surface area contributed by atoms with Gasteiger partial charge in [-0.1, -0.05) is 29.3 Å². The van der Waals surface area contributed by atoms with Crippen LogP contribution in [-0.4, -0.2) is 12.7 Å². The van der Waals surface area contributed by atoms with Gasteiger partial charge in [0.05, 0.1) is 0 Å². The van der Waals surface area contributed by atoms with Crippen LogP contribution in [0.15, 0.2) is 30.3 Å². The van der Waals surface area contributed by atoms with Crippen molar-refractivity contribution in [2.24, 2.45) is 0 Å². The third kappa shape index (κ3) is 2.11. The fourth-order valence-electron chi connectivity index (χ4n) is 2.95. The van der Waals surface area contributed by atoms with Crippen LogP contribution in [0.1, 0.15) is 23.5 Å². The molecule has 0 bridgehead atoms. The lowest BCUT2D eigenvalue weighted by molar-refractivity contribution is -0.116. The molecule has 0 radical (unpaired) electrons. The summed E-state index contributed by atoms with van der Waals surface area (Å²) in [4.78, 5) is 12.1. The zero-order valence-electron chi connectivity index (χ0n) is 11.4. The molecule has 2 aliphatic rings. The van der Waals surface area contributed by atoms with Gasteiger partial charge in [0.25, 0.3) is 0 Å². The second-order valence-corrected chi connectivity index (χ2v) is 6.05. The minimum atomic E-state index is -0.209. The molecule has 2 heterocycles. The van der Waals surface area contributed by atoms with Gasteiger partial charge in [-0.15, -0.1) is 0 Å². The standard InChI is InChI=1S/C16H11Cl2NO3/c17-10-2-1-3-11(18)16(10)9-5-15(20)19-12-6-14-13(4-8(9)12)21-7-22-14/h1-4,6,9H,5,7H2,(H,19,20). The number of carbonyl (C=O) groups is 1. The first-order chi connectivity index (χ1) is 10.6. The molecule has 0 aliphatic carbocycles. The van der Waals surface area contributed by atoms with Gasteiger partial charge in [-0.25, -0.2) is 0 Å². The Hall–Kier alpha value is -1.91. The molecule has 2 aromatic rings. The quantitative estimate of drug-likeness (QED) is 0.849. The maximum absolute atomic E-state index is 12.1. The van der Waals surface area contributed by atoms with E-state index in [-0.39, 0.29) is 25.0 Å². The fourth-order valence-corrected chi connectivity index (χ4v) is 3.61. The van der Waals surface area contributed by atoms with E-state index in [1.54, 1.807) is 24.3 Å². The minimum absolute atomic E-state index is 0.0765. The van der Waals surface area contributed by atoms with Crippen molar-refractivity contribution in [3.8, 4) is 11.5 Å². The lowest BCUT2D eigenvalue weighted by Gasteiger charge is -2.27. The highest BCUT2D eigenvalue weighted by molar-refractivity contribution is 6.36. The fraction of sp³-hybridized carbons (Fsp3) is 0.188. The lowest BCUT2D eigenvalue weighted by atomic mass is 9.84. The summed E-state index contributed by atoms with van der Waals surface area (Å²) in [5.41, 5.74) is 2.40. The van der Waals surface area contributed by atoms with Crippen molar-refractivity contribution in [3.05, 3.63) is 51.5 Å². The van der Waals surface area contributed by atoms with Crippen LogP contribution in [0.2, 0.25) is 10.0 Å². The molecule has 1 N–H and O–H groups in total. The van der Waals surface area contributed by atoms with Crippen LogP contribution in [0.5, 0.6) is 11.5 Å². The lowest BCUT2D eigenvalue weighted by Crippen LogP contribution is -2.23. The topological polar surface area (TPSA) is 47.6 Å². The van der Waals surface area contributed by atoms with Crippen LogP contribution < -0.4 is 14.8 Å². The largest absolute Gasteiger partial charge is 0.454 e. The molecule has 4 rings (SSSR count). The van der Waals surface area contributed by atoms with Gasteiger partial charge in [-0.2, -0.15) is 0 Å². The van der Waals surface area contributed by atoms with E-state index in [1.807, 2.05) is 6.07 Å². The molecule has 0 aromatic heterocycles. The molecule has 1 unspecified atom stereocenters. The summed E-state index contributed by atoms with van der Waals surface area (Å²) in [5.74, 6) is 1.01. The van der Waals surface area contributed by atoms with Crippen molar-refractivity contribution in [2.75, 3.05) is 12.1 Å². The van der Waals surface area contributed by atoms with E-state index in [2.05, 4.69) is 5.32 Å². The molecule has 0 saturated carbocycles. The highest BCUT2D eigenvalue weighted by Gasteiger charge is 2.32. The maximum atomic E-state index is 12.1. The number of amides is 1. The van der Waals surface area contributed by atoms with Crippen molar-refractivity contribution < 1.29 is 14.3 Å². The summed E-state index contributed by atoms with van der Waals surface area (Å²) in [5, 5.41) is 3.97. The van der Waals surface area contributed by atoms with Gasteiger partial charge in [0, 0.05) is 34.1 Å². The zero-order chi connectivity index (χ0) is 15.3. The van der Waals surface area contributed by atoms with E-state index < -0.39 is 0 Å². The Bertz CT molecular complexity index is 771. The average molecular weight is 336 g/mol. The summed E-state index contributed by atoms with van der Waals surface area (Å²) in [6.45, 7) is 0.184. The number of hydrogen-bond acceptors (Lipinski definition) is 3. The second kappa shape index (κ2) is 5.07. The number of halogens is 2. The number of ether oxygens (including phenoxy) is 2. The Morgan fingerprint density at radius 3 is 2.50 bits per heavy atom. The Labute approximate surface area is 136 Å². The molecule has 2 aromatic carbocycles. The molecule has 6 heteroatoms. The van der Waals surface area contributed by atoms with Crippen LogP contribution in [0.3, 0.4) is 0 Å². The van der Waals surface area contributed by atoms with Crippen molar-refractivity contribution in [1.29, 1.82) is 0 Å². The minimum Gasteiger partial charge on any atom is -0.454 e. The molecule has 22 heavy (non-hydrogen) atoms. The molecule has 4 nitrogen and oxygen atoms in total. The molecular weight excluding hydrogens is 325 g/mol. The van der Waals surface area contributed by atoms with E-state index in [4.69, 9.17) is 32.7 Å². The normalized spacial score (nSPS) is 18.8. The van der Waals surface area contributed by atoms with Crippen LogP contribution in [0.4, 0.5) is 5.69 Å². The first-order valence-electron chi connectivity index (χ1n) is 6.81. The van der Waals surface area contributed by atoms with Crippen LogP contribution in [0.25, 0.3) is 0 Å². The smallest absolute Gasteiger partial charge is 0.231 e. The summed E-state index contributed by atoms with van der Waals surface area (Å²) in [6, 6.07) is 9.02. The van der Waals surface area contributed by atoms with Crippen LogP contribution in [-0.2, 0) is 4.79 Å². The third-order valence-electron chi connectivity index (χ3n) is 3.93. The summed E-state index contributed by atoms with van der Waals surface area (Å²) >= 11 is 12.6. The van der Waals surface area contributed by atoms with E-state index in [9.17, 15) is 4.79 Å². The number of nitrogens with one attached hydrogen (secondary N) is 1. The van der Waals surface area contributed by atoms with Crippen molar-refractivity contribution in [3.63, 3.8) is 0 Å². The number of rotatable bonds is 1. The molecule has 112 valence electrons. The highest BCUT2D eigenvalue weighted by Crippen LogP contribution is 2.47. The van der Waals surface area contributed by atoms with Gasteiger partial charge in [-0.3, -0.25) is 4.79 Å². The van der Waals surface area contributed by atoms with Gasteiger partial charge in [-0.05, 0) is 29.3 Å². The van der Waals surface area contributed by atoms with Crippen LogP contribution >= 0.6 is 23.2 Å². The Kier molecular flexibility index (Phi) is 3.17. The predicted octanol–water partition coefficient (Wildman–Crippen LogP) is 4.20. The Morgan fingerprint density at radius 1 is 1.09 bits per heavy atom. The first kappa shape index (κ1) is 13.7. The number of hydrogen-bond donors (Lipinski definition) is 1. The molecule has 1 atom stereocenters. The summed E-state index contributed by atoms with van der Waals surface area (Å²) in [6.07, 6.45) is 0.288. The van der Waals surface area contributed by atoms with Gasteiger partial charge < -0.3 is 14.8 Å². The van der Waals surface area contributed by atoms with E-state index in [0.29, 0.717) is 27.2 Å². The van der Waals surface area contributed by atoms with Gasteiger partial charge in [0.15, 0.2) is 11.5 Å². The molecule has 0 saturated heterocycles. The number of benzene rings is 2. The Balaban J connectivity index is 1.91. The number of carbonyl (C=O) groups excluding carboxylic acids is 1.